The molecule has 5 nitrogen and oxygen atoms in total. The van der Waals surface area contributed by atoms with Crippen molar-refractivity contribution in [3.63, 3.8) is 0 Å². The predicted octanol–water partition coefficient (Wildman–Crippen LogP) is 2.86. The Bertz CT molecular complexity index is 714. The first kappa shape index (κ1) is 18.6. The summed E-state index contributed by atoms with van der Waals surface area (Å²) < 4.78 is 12.8. The van der Waals surface area contributed by atoms with Crippen molar-refractivity contribution in [2.75, 3.05) is 30.4 Å². The Kier molecular flexibility index (Phi) is 6.65. The van der Waals surface area contributed by atoms with Gasteiger partial charge in [-0.1, -0.05) is 0 Å². The average molecular weight is 344 g/mol. The van der Waals surface area contributed by atoms with E-state index in [0.717, 1.165) is 5.69 Å². The van der Waals surface area contributed by atoms with Crippen LogP contribution >= 0.6 is 0 Å². The molecule has 0 unspecified atom stereocenters. The molecule has 2 aromatic carbocycles. The third-order valence-electron chi connectivity index (χ3n) is 3.77. The molecule has 0 atom stereocenters. The fourth-order valence-electron chi connectivity index (χ4n) is 2.31. The highest BCUT2D eigenvalue weighted by Crippen LogP contribution is 2.17. The van der Waals surface area contributed by atoms with Crippen LogP contribution in [-0.4, -0.2) is 37.0 Å². The molecule has 1 amide bonds. The van der Waals surface area contributed by atoms with Gasteiger partial charge in [-0.3, -0.25) is 9.59 Å². The normalized spacial score (nSPS) is 10.4. The molecule has 0 fully saturated rings. The molecular formula is C19H21FN2O3. The Hall–Kier alpha value is -2.73. The monoisotopic (exact) mass is 344 g/mol. The van der Waals surface area contributed by atoms with Crippen LogP contribution in [0.5, 0.6) is 0 Å². The SMILES string of the molecule is CN(CCO)c1ccc(NC(=O)CCC(=O)c2ccc(F)cc2)cc1. The van der Waals surface area contributed by atoms with Gasteiger partial charge in [-0.2, -0.15) is 0 Å². The van der Waals surface area contributed by atoms with Gasteiger partial charge in [0.15, 0.2) is 5.78 Å². The first-order valence-electron chi connectivity index (χ1n) is 8.00. The third-order valence-corrected chi connectivity index (χ3v) is 3.77. The average Bonchev–Trinajstić information content (AvgIpc) is 2.61. The van der Waals surface area contributed by atoms with E-state index in [4.69, 9.17) is 5.11 Å². The molecule has 0 aromatic heterocycles. The molecular weight excluding hydrogens is 323 g/mol. The quantitative estimate of drug-likeness (QED) is 0.723. The van der Waals surface area contributed by atoms with Crippen molar-refractivity contribution in [1.29, 1.82) is 0 Å². The van der Waals surface area contributed by atoms with Crippen LogP contribution in [0.1, 0.15) is 23.2 Å². The van der Waals surface area contributed by atoms with E-state index in [-0.39, 0.29) is 31.1 Å². The van der Waals surface area contributed by atoms with Crippen molar-refractivity contribution in [3.05, 3.63) is 59.9 Å². The number of benzene rings is 2. The summed E-state index contributed by atoms with van der Waals surface area (Å²) in [5.74, 6) is -0.856. The molecule has 2 N–H and O–H groups in total. The van der Waals surface area contributed by atoms with Gasteiger partial charge in [0.05, 0.1) is 6.61 Å². The van der Waals surface area contributed by atoms with Crippen LogP contribution in [0.15, 0.2) is 48.5 Å². The molecule has 2 rings (SSSR count). The van der Waals surface area contributed by atoms with Gasteiger partial charge in [0.1, 0.15) is 5.82 Å². The van der Waals surface area contributed by atoms with Crippen molar-refractivity contribution in [3.8, 4) is 0 Å². The summed E-state index contributed by atoms with van der Waals surface area (Å²) in [6.45, 7) is 0.592. The number of anilines is 2. The van der Waals surface area contributed by atoms with Gasteiger partial charge >= 0.3 is 0 Å². The number of halogens is 1. The van der Waals surface area contributed by atoms with E-state index in [0.29, 0.717) is 17.8 Å². The van der Waals surface area contributed by atoms with Crippen LogP contribution in [0.4, 0.5) is 15.8 Å². The summed E-state index contributed by atoms with van der Waals surface area (Å²) in [6.07, 6.45) is 0.122. The van der Waals surface area contributed by atoms with Gasteiger partial charge in [0, 0.05) is 43.4 Å². The predicted molar refractivity (Wildman–Crippen MR) is 95.4 cm³/mol. The molecule has 25 heavy (non-hydrogen) atoms. The lowest BCUT2D eigenvalue weighted by Crippen LogP contribution is -2.21. The van der Waals surface area contributed by atoms with E-state index in [1.165, 1.54) is 24.3 Å². The number of nitrogens with one attached hydrogen (secondary N) is 1. The lowest BCUT2D eigenvalue weighted by molar-refractivity contribution is -0.116. The van der Waals surface area contributed by atoms with E-state index >= 15 is 0 Å². The number of ketones is 1. The van der Waals surface area contributed by atoms with E-state index in [2.05, 4.69) is 5.32 Å². The highest BCUT2D eigenvalue weighted by molar-refractivity contribution is 6.00. The molecule has 0 radical (unpaired) electrons. The number of Topliss-reactive ketones (excluding diaryl/α,β-unsaturated/α-hetero) is 1. The lowest BCUT2D eigenvalue weighted by Gasteiger charge is -2.18. The van der Waals surface area contributed by atoms with Gasteiger partial charge < -0.3 is 15.3 Å². The Morgan fingerprint density at radius 1 is 1.04 bits per heavy atom. The molecule has 0 aliphatic rings. The maximum atomic E-state index is 12.8. The van der Waals surface area contributed by atoms with Crippen LogP contribution in [0.3, 0.4) is 0 Å². The van der Waals surface area contributed by atoms with Crippen molar-refractivity contribution in [2.24, 2.45) is 0 Å². The Balaban J connectivity index is 1.83. The van der Waals surface area contributed by atoms with Crippen molar-refractivity contribution in [1.82, 2.24) is 0 Å². The zero-order valence-electron chi connectivity index (χ0n) is 14.0. The number of rotatable bonds is 8. The van der Waals surface area contributed by atoms with Crippen molar-refractivity contribution < 1.29 is 19.1 Å². The number of aliphatic hydroxyl groups excluding tert-OH is 1. The Labute approximate surface area is 146 Å². The summed E-state index contributed by atoms with van der Waals surface area (Å²) in [4.78, 5) is 25.8. The number of aliphatic hydroxyl groups is 1. The second-order valence-electron chi connectivity index (χ2n) is 5.67. The second kappa shape index (κ2) is 8.94. The van der Waals surface area contributed by atoms with Crippen LogP contribution in [0.2, 0.25) is 0 Å². The molecule has 0 saturated carbocycles. The molecule has 2 aromatic rings. The minimum Gasteiger partial charge on any atom is -0.395 e. The minimum absolute atomic E-state index is 0.0579. The molecule has 0 aliphatic heterocycles. The molecule has 0 saturated heterocycles. The minimum atomic E-state index is -0.401. The maximum Gasteiger partial charge on any atom is 0.224 e. The summed E-state index contributed by atoms with van der Waals surface area (Å²) in [5, 5.41) is 11.7. The lowest BCUT2D eigenvalue weighted by atomic mass is 10.1. The van der Waals surface area contributed by atoms with Crippen molar-refractivity contribution in [2.45, 2.75) is 12.8 Å². The van der Waals surface area contributed by atoms with Crippen LogP contribution < -0.4 is 10.2 Å². The van der Waals surface area contributed by atoms with Crippen LogP contribution in [0.25, 0.3) is 0 Å². The fourth-order valence-corrected chi connectivity index (χ4v) is 2.31. The smallest absolute Gasteiger partial charge is 0.224 e. The van der Waals surface area contributed by atoms with Crippen molar-refractivity contribution >= 4 is 23.1 Å². The van der Waals surface area contributed by atoms with E-state index < -0.39 is 5.82 Å². The number of likely N-dealkylation sites (N-methyl/N-ethyl adjacent to an activating group) is 1. The molecule has 0 aliphatic carbocycles. The van der Waals surface area contributed by atoms with Crippen LogP contribution in [-0.2, 0) is 4.79 Å². The summed E-state index contributed by atoms with van der Waals surface area (Å²) >= 11 is 0. The first-order chi connectivity index (χ1) is 12.0. The highest BCUT2D eigenvalue weighted by Gasteiger charge is 2.10. The van der Waals surface area contributed by atoms with Gasteiger partial charge in [-0.05, 0) is 48.5 Å². The second-order valence-corrected chi connectivity index (χ2v) is 5.67. The Morgan fingerprint density at radius 3 is 2.28 bits per heavy atom. The molecule has 0 heterocycles. The number of hydrogen-bond donors (Lipinski definition) is 2. The molecule has 0 bridgehead atoms. The number of nitrogens with zero attached hydrogens (tertiary/aromatic N) is 1. The zero-order valence-corrected chi connectivity index (χ0v) is 14.0. The summed E-state index contributed by atoms with van der Waals surface area (Å²) in [7, 11) is 1.87. The third kappa shape index (κ3) is 5.69. The number of carbonyl (C=O) groups excluding carboxylic acids is 2. The van der Waals surface area contributed by atoms with Gasteiger partial charge in [-0.15, -0.1) is 0 Å². The van der Waals surface area contributed by atoms with E-state index in [9.17, 15) is 14.0 Å². The maximum absolute atomic E-state index is 12.8. The van der Waals surface area contributed by atoms with Gasteiger partial charge in [0.25, 0.3) is 0 Å². The van der Waals surface area contributed by atoms with Crippen LogP contribution in [0, 0.1) is 5.82 Å². The van der Waals surface area contributed by atoms with Gasteiger partial charge in [0.2, 0.25) is 5.91 Å². The number of hydrogen-bond acceptors (Lipinski definition) is 4. The standard InChI is InChI=1S/C19H21FN2O3/c1-22(12-13-23)17-8-6-16(7-9-17)21-19(25)11-10-18(24)14-2-4-15(20)5-3-14/h2-9,23H,10-13H2,1H3,(H,21,25). The topological polar surface area (TPSA) is 69.6 Å². The first-order valence-corrected chi connectivity index (χ1v) is 8.00. The molecule has 0 spiro atoms. The van der Waals surface area contributed by atoms with E-state index in [1.807, 2.05) is 24.1 Å². The zero-order chi connectivity index (χ0) is 18.2. The molecule has 6 heteroatoms. The highest BCUT2D eigenvalue weighted by atomic mass is 19.1. The largest absolute Gasteiger partial charge is 0.395 e. The summed E-state index contributed by atoms with van der Waals surface area (Å²) in [5.41, 5.74) is 1.96. The van der Waals surface area contributed by atoms with E-state index in [1.54, 1.807) is 12.1 Å². The number of amides is 1. The Morgan fingerprint density at radius 2 is 1.68 bits per heavy atom. The molecule has 132 valence electrons. The summed E-state index contributed by atoms with van der Waals surface area (Å²) in [6, 6.07) is 12.5. The number of carbonyl (C=O) groups is 2. The fraction of sp³-hybridized carbons (Fsp3) is 0.263. The van der Waals surface area contributed by atoms with Gasteiger partial charge in [-0.25, -0.2) is 4.39 Å².